The van der Waals surface area contributed by atoms with E-state index in [1.54, 1.807) is 0 Å². The quantitative estimate of drug-likeness (QED) is 0.866. The molecule has 0 aliphatic heterocycles. The number of fused-ring (bicyclic) bond motifs is 1. The molecule has 0 aliphatic carbocycles. The summed E-state index contributed by atoms with van der Waals surface area (Å²) in [6.07, 6.45) is 0.414. The minimum atomic E-state index is -0.654. The number of carbonyl (C=O) groups excluding carboxylic acids is 2. The summed E-state index contributed by atoms with van der Waals surface area (Å²) in [6, 6.07) is 13.3. The topological polar surface area (TPSA) is 55.4 Å². The number of nitrogens with one attached hydrogen (secondary N) is 1. The van der Waals surface area contributed by atoms with Crippen LogP contribution in [0.1, 0.15) is 12.5 Å². The van der Waals surface area contributed by atoms with Crippen molar-refractivity contribution < 1.29 is 14.3 Å². The lowest BCUT2D eigenvalue weighted by molar-refractivity contribution is -0.144. The van der Waals surface area contributed by atoms with Crippen molar-refractivity contribution in [2.45, 2.75) is 19.4 Å². The third-order valence-electron chi connectivity index (χ3n) is 3.12. The molecule has 20 heavy (non-hydrogen) atoms. The van der Waals surface area contributed by atoms with Gasteiger partial charge in [-0.1, -0.05) is 42.5 Å². The van der Waals surface area contributed by atoms with Crippen molar-refractivity contribution >= 4 is 22.6 Å². The lowest BCUT2D eigenvalue weighted by atomic mass is 10.0. The van der Waals surface area contributed by atoms with E-state index in [2.05, 4.69) is 5.32 Å². The Labute approximate surface area is 117 Å². The van der Waals surface area contributed by atoms with Gasteiger partial charge in [-0.3, -0.25) is 4.79 Å². The average Bonchev–Trinajstić information content (AvgIpc) is 2.45. The number of amides is 1. The first-order valence-corrected chi connectivity index (χ1v) is 6.43. The molecule has 1 N–H and O–H groups in total. The molecule has 0 saturated heterocycles. The van der Waals surface area contributed by atoms with Crippen LogP contribution in [0, 0.1) is 0 Å². The number of hydrogen-bond acceptors (Lipinski definition) is 3. The van der Waals surface area contributed by atoms with Crippen molar-refractivity contribution in [3.8, 4) is 0 Å². The van der Waals surface area contributed by atoms with Gasteiger partial charge < -0.3 is 10.1 Å². The van der Waals surface area contributed by atoms with Gasteiger partial charge in [0.05, 0.1) is 7.11 Å². The molecule has 0 aromatic heterocycles. The fourth-order valence-corrected chi connectivity index (χ4v) is 2.18. The maximum atomic E-state index is 11.7. The molecule has 4 nitrogen and oxygen atoms in total. The fraction of sp³-hybridized carbons (Fsp3) is 0.250. The van der Waals surface area contributed by atoms with Crippen molar-refractivity contribution in [1.82, 2.24) is 5.32 Å². The number of carbonyl (C=O) groups is 2. The molecular formula is C16H17NO3. The molecular weight excluding hydrogens is 254 g/mol. The smallest absolute Gasteiger partial charge is 0.328 e. The van der Waals surface area contributed by atoms with Gasteiger partial charge in [0, 0.05) is 13.3 Å². The van der Waals surface area contributed by atoms with Crippen molar-refractivity contribution in [3.05, 3.63) is 48.0 Å². The molecule has 0 fully saturated rings. The molecule has 4 heteroatoms. The summed E-state index contributed by atoms with van der Waals surface area (Å²) in [5.74, 6) is -0.686. The van der Waals surface area contributed by atoms with Gasteiger partial charge in [0.2, 0.25) is 5.91 Å². The fourth-order valence-electron chi connectivity index (χ4n) is 2.18. The highest BCUT2D eigenvalue weighted by Crippen LogP contribution is 2.16. The van der Waals surface area contributed by atoms with Crippen LogP contribution in [0.5, 0.6) is 0 Å². The Morgan fingerprint density at radius 1 is 1.15 bits per heavy atom. The average molecular weight is 271 g/mol. The Balaban J connectivity index is 2.23. The molecule has 0 aliphatic rings. The zero-order valence-electron chi connectivity index (χ0n) is 11.6. The highest BCUT2D eigenvalue weighted by atomic mass is 16.5. The van der Waals surface area contributed by atoms with E-state index < -0.39 is 12.0 Å². The van der Waals surface area contributed by atoms with Gasteiger partial charge >= 0.3 is 5.97 Å². The second kappa shape index (κ2) is 6.19. The molecule has 2 aromatic rings. The van der Waals surface area contributed by atoms with Crippen LogP contribution < -0.4 is 5.32 Å². The van der Waals surface area contributed by atoms with Crippen LogP contribution in [-0.2, 0) is 20.7 Å². The summed E-state index contributed by atoms with van der Waals surface area (Å²) in [6.45, 7) is 1.39. The van der Waals surface area contributed by atoms with Crippen LogP contribution in [0.3, 0.4) is 0 Å². The standard InChI is InChI=1S/C16H17NO3/c1-11(18)17-15(16(19)20-2)10-12-7-8-13-5-3-4-6-14(13)9-12/h3-9,15H,10H2,1-2H3,(H,17,18). The van der Waals surface area contributed by atoms with Crippen molar-refractivity contribution in [3.63, 3.8) is 0 Å². The van der Waals surface area contributed by atoms with Gasteiger partial charge in [0.1, 0.15) is 6.04 Å². The highest BCUT2D eigenvalue weighted by Gasteiger charge is 2.20. The third-order valence-corrected chi connectivity index (χ3v) is 3.12. The molecule has 0 heterocycles. The van der Waals surface area contributed by atoms with E-state index >= 15 is 0 Å². The molecule has 1 atom stereocenters. The highest BCUT2D eigenvalue weighted by molar-refractivity contribution is 5.85. The number of rotatable bonds is 4. The largest absolute Gasteiger partial charge is 0.467 e. The van der Waals surface area contributed by atoms with Crippen LogP contribution in [0.25, 0.3) is 10.8 Å². The van der Waals surface area contributed by atoms with Crippen LogP contribution in [-0.4, -0.2) is 25.0 Å². The number of methoxy groups -OCH3 is 1. The van der Waals surface area contributed by atoms with E-state index in [9.17, 15) is 9.59 Å². The van der Waals surface area contributed by atoms with Crippen molar-refractivity contribution in [2.24, 2.45) is 0 Å². The SMILES string of the molecule is COC(=O)C(Cc1ccc2ccccc2c1)NC(C)=O. The first-order chi connectivity index (χ1) is 9.60. The summed E-state index contributed by atoms with van der Waals surface area (Å²) >= 11 is 0. The van der Waals surface area contributed by atoms with Gasteiger partial charge in [-0.2, -0.15) is 0 Å². The van der Waals surface area contributed by atoms with E-state index in [0.717, 1.165) is 16.3 Å². The van der Waals surface area contributed by atoms with E-state index in [4.69, 9.17) is 4.74 Å². The predicted molar refractivity (Wildman–Crippen MR) is 77.3 cm³/mol. The molecule has 2 rings (SSSR count). The Hall–Kier alpha value is -2.36. The van der Waals surface area contributed by atoms with Gasteiger partial charge in [0.25, 0.3) is 0 Å². The maximum absolute atomic E-state index is 11.7. The van der Waals surface area contributed by atoms with Crippen molar-refractivity contribution in [2.75, 3.05) is 7.11 Å². The Morgan fingerprint density at radius 3 is 2.50 bits per heavy atom. The molecule has 1 amide bonds. The second-order valence-electron chi connectivity index (χ2n) is 4.66. The van der Waals surface area contributed by atoms with E-state index in [-0.39, 0.29) is 5.91 Å². The lowest BCUT2D eigenvalue weighted by Gasteiger charge is -2.15. The third kappa shape index (κ3) is 3.35. The summed E-state index contributed by atoms with van der Waals surface area (Å²) < 4.78 is 4.72. The van der Waals surface area contributed by atoms with Crippen LogP contribution in [0.2, 0.25) is 0 Å². The van der Waals surface area contributed by atoms with E-state index in [1.807, 2.05) is 42.5 Å². The van der Waals surface area contributed by atoms with Gasteiger partial charge in [-0.15, -0.1) is 0 Å². The van der Waals surface area contributed by atoms with Crippen molar-refractivity contribution in [1.29, 1.82) is 0 Å². The van der Waals surface area contributed by atoms with E-state index in [0.29, 0.717) is 6.42 Å². The van der Waals surface area contributed by atoms with Crippen LogP contribution in [0.4, 0.5) is 0 Å². The number of ether oxygens (including phenoxy) is 1. The summed E-state index contributed by atoms with van der Waals surface area (Å²) in [5.41, 5.74) is 0.979. The number of hydrogen-bond donors (Lipinski definition) is 1. The zero-order chi connectivity index (χ0) is 14.5. The minimum Gasteiger partial charge on any atom is -0.467 e. The normalized spacial score (nSPS) is 11.9. The maximum Gasteiger partial charge on any atom is 0.328 e. The van der Waals surface area contributed by atoms with Crippen LogP contribution >= 0.6 is 0 Å². The second-order valence-corrected chi connectivity index (χ2v) is 4.66. The number of benzene rings is 2. The van der Waals surface area contributed by atoms with Gasteiger partial charge in [-0.25, -0.2) is 4.79 Å². The summed E-state index contributed by atoms with van der Waals surface area (Å²) in [7, 11) is 1.32. The minimum absolute atomic E-state index is 0.249. The number of esters is 1. The Bertz CT molecular complexity index is 636. The van der Waals surface area contributed by atoms with Gasteiger partial charge in [-0.05, 0) is 16.3 Å². The molecule has 0 spiro atoms. The monoisotopic (exact) mass is 271 g/mol. The molecule has 0 saturated carbocycles. The lowest BCUT2D eigenvalue weighted by Crippen LogP contribution is -2.41. The Morgan fingerprint density at radius 2 is 1.85 bits per heavy atom. The summed E-state index contributed by atoms with van der Waals surface area (Å²) in [5, 5.41) is 4.87. The molecule has 104 valence electrons. The van der Waals surface area contributed by atoms with Crippen LogP contribution in [0.15, 0.2) is 42.5 Å². The summed E-state index contributed by atoms with van der Waals surface area (Å²) in [4.78, 5) is 22.8. The first-order valence-electron chi connectivity index (χ1n) is 6.43. The molecule has 1 unspecified atom stereocenters. The predicted octanol–water partition coefficient (Wildman–Crippen LogP) is 2.06. The van der Waals surface area contributed by atoms with Gasteiger partial charge in [0.15, 0.2) is 0 Å². The van der Waals surface area contributed by atoms with E-state index in [1.165, 1.54) is 14.0 Å². The first kappa shape index (κ1) is 14.1. The Kier molecular flexibility index (Phi) is 4.35. The molecule has 2 aromatic carbocycles. The molecule has 0 radical (unpaired) electrons. The molecule has 0 bridgehead atoms. The zero-order valence-corrected chi connectivity index (χ0v) is 11.6.